The summed E-state index contributed by atoms with van der Waals surface area (Å²) in [7, 11) is -2.69. The van der Waals surface area contributed by atoms with Crippen LogP contribution in [0, 0.1) is 0 Å². The lowest BCUT2D eigenvalue weighted by Gasteiger charge is -2.06. The second-order valence-corrected chi connectivity index (χ2v) is 5.52. The molecule has 0 heterocycles. The third kappa shape index (κ3) is 3.06. The molecule has 1 rings (SSSR count). The first-order chi connectivity index (χ1) is 6.17. The second kappa shape index (κ2) is 4.69. The molecule has 0 spiro atoms. The van der Waals surface area contributed by atoms with Crippen LogP contribution in [0.25, 0.3) is 0 Å². The molecular formula is C9H12O2S2. The molecule has 0 saturated heterocycles. The van der Waals surface area contributed by atoms with Crippen molar-refractivity contribution in [3.8, 4) is 0 Å². The molecule has 4 heteroatoms. The summed E-state index contributed by atoms with van der Waals surface area (Å²) in [5.74, 6) is 0. The summed E-state index contributed by atoms with van der Waals surface area (Å²) in [6, 6.07) is 8.91. The maximum Gasteiger partial charge on any atom is 0.173 e. The van der Waals surface area contributed by atoms with Crippen LogP contribution in [0.4, 0.5) is 0 Å². The predicted molar refractivity (Wildman–Crippen MR) is 56.5 cm³/mol. The highest BCUT2D eigenvalue weighted by Crippen LogP contribution is 2.11. The Bertz CT molecular complexity index is 343. The first kappa shape index (κ1) is 10.6. The molecule has 13 heavy (non-hydrogen) atoms. The minimum atomic E-state index is -2.69. The normalized spacial score (nSPS) is 15.2. The standard InChI is InChI=1S/C9H12O2S2/c1-2-8-11-13(10,12)9-6-4-3-5-7-9/h3-7H,2,8H2,1H3/t13-/m0/s1. The molecular weight excluding hydrogens is 204 g/mol. The Morgan fingerprint density at radius 3 is 2.54 bits per heavy atom. The maximum atomic E-state index is 11.7. The van der Waals surface area contributed by atoms with Crippen LogP contribution in [-0.2, 0) is 24.1 Å². The van der Waals surface area contributed by atoms with Gasteiger partial charge in [-0.25, -0.2) is 4.21 Å². The molecule has 1 atom stereocenters. The molecule has 0 fully saturated rings. The van der Waals surface area contributed by atoms with E-state index in [0.717, 1.165) is 6.42 Å². The lowest BCUT2D eigenvalue weighted by atomic mass is 10.4. The van der Waals surface area contributed by atoms with Crippen LogP contribution in [0.2, 0.25) is 0 Å². The van der Waals surface area contributed by atoms with Crippen LogP contribution in [0.1, 0.15) is 13.3 Å². The van der Waals surface area contributed by atoms with Gasteiger partial charge in [-0.15, -0.1) is 0 Å². The highest BCUT2D eigenvalue weighted by atomic mass is 32.8. The second-order valence-electron chi connectivity index (χ2n) is 2.59. The molecule has 0 bridgehead atoms. The van der Waals surface area contributed by atoms with Crippen molar-refractivity contribution in [1.29, 1.82) is 0 Å². The average Bonchev–Trinajstić information content (AvgIpc) is 2.16. The molecule has 2 nitrogen and oxygen atoms in total. The van der Waals surface area contributed by atoms with Gasteiger partial charge in [-0.2, -0.15) is 0 Å². The topological polar surface area (TPSA) is 26.3 Å². The summed E-state index contributed by atoms with van der Waals surface area (Å²) in [5.41, 5.74) is 0. The Morgan fingerprint density at radius 2 is 2.00 bits per heavy atom. The van der Waals surface area contributed by atoms with Gasteiger partial charge in [0.15, 0.2) is 8.77 Å². The predicted octanol–water partition coefficient (Wildman–Crippen LogP) is 2.13. The van der Waals surface area contributed by atoms with Crippen LogP contribution >= 0.6 is 0 Å². The number of rotatable bonds is 4. The monoisotopic (exact) mass is 216 g/mol. The van der Waals surface area contributed by atoms with E-state index in [2.05, 4.69) is 0 Å². The van der Waals surface area contributed by atoms with Gasteiger partial charge in [0.25, 0.3) is 0 Å². The van der Waals surface area contributed by atoms with Gasteiger partial charge in [-0.05, 0) is 18.6 Å². The zero-order chi connectivity index (χ0) is 9.73. The fourth-order valence-corrected chi connectivity index (χ4v) is 2.40. The van der Waals surface area contributed by atoms with Gasteiger partial charge < -0.3 is 0 Å². The van der Waals surface area contributed by atoms with E-state index in [1.807, 2.05) is 13.0 Å². The highest BCUT2D eigenvalue weighted by Gasteiger charge is 2.08. The van der Waals surface area contributed by atoms with E-state index in [1.165, 1.54) is 0 Å². The Kier molecular flexibility index (Phi) is 3.84. The van der Waals surface area contributed by atoms with Crippen LogP contribution in [-0.4, -0.2) is 10.8 Å². The largest absolute Gasteiger partial charge is 0.286 e. The van der Waals surface area contributed by atoms with E-state index >= 15 is 0 Å². The van der Waals surface area contributed by atoms with E-state index in [4.69, 9.17) is 15.4 Å². The highest BCUT2D eigenvalue weighted by molar-refractivity contribution is 8.30. The van der Waals surface area contributed by atoms with Gasteiger partial charge in [0, 0.05) is 11.2 Å². The third-order valence-electron chi connectivity index (χ3n) is 1.47. The Hall–Kier alpha value is -0.450. The molecule has 0 aromatic heterocycles. The van der Waals surface area contributed by atoms with E-state index < -0.39 is 8.77 Å². The van der Waals surface area contributed by atoms with Gasteiger partial charge in [0.1, 0.15) is 0 Å². The quantitative estimate of drug-likeness (QED) is 0.771. The molecule has 0 aliphatic carbocycles. The molecule has 0 radical (unpaired) electrons. The fourth-order valence-electron chi connectivity index (χ4n) is 0.848. The molecule has 72 valence electrons. The first-order valence-electron chi connectivity index (χ1n) is 4.11. The minimum absolute atomic E-state index is 0.442. The summed E-state index contributed by atoms with van der Waals surface area (Å²) in [6.45, 7) is 2.40. The number of hydrogen-bond acceptors (Lipinski definition) is 3. The van der Waals surface area contributed by atoms with Gasteiger partial charge >= 0.3 is 0 Å². The van der Waals surface area contributed by atoms with Crippen molar-refractivity contribution in [2.75, 3.05) is 6.61 Å². The van der Waals surface area contributed by atoms with Crippen molar-refractivity contribution >= 4 is 20.0 Å². The maximum absolute atomic E-state index is 11.7. The summed E-state index contributed by atoms with van der Waals surface area (Å²) in [4.78, 5) is 0.582. The zero-order valence-corrected chi connectivity index (χ0v) is 9.07. The summed E-state index contributed by atoms with van der Waals surface area (Å²) >= 11 is 4.88. The molecule has 1 aromatic carbocycles. The molecule has 1 aromatic rings. The Labute approximate surface area is 83.8 Å². The molecule has 0 N–H and O–H groups in total. The van der Waals surface area contributed by atoms with Crippen LogP contribution in [0.3, 0.4) is 0 Å². The lowest BCUT2D eigenvalue weighted by molar-refractivity contribution is 0.345. The minimum Gasteiger partial charge on any atom is -0.286 e. The van der Waals surface area contributed by atoms with Crippen molar-refractivity contribution in [3.63, 3.8) is 0 Å². The van der Waals surface area contributed by atoms with E-state index in [-0.39, 0.29) is 0 Å². The third-order valence-corrected chi connectivity index (χ3v) is 3.67. The number of benzene rings is 1. The summed E-state index contributed by atoms with van der Waals surface area (Å²) < 4.78 is 16.8. The fraction of sp³-hybridized carbons (Fsp3) is 0.333. The van der Waals surface area contributed by atoms with Crippen molar-refractivity contribution < 1.29 is 8.39 Å². The summed E-state index contributed by atoms with van der Waals surface area (Å²) in [5, 5.41) is 0. The molecule has 0 amide bonds. The van der Waals surface area contributed by atoms with Gasteiger partial charge in [-0.3, -0.25) is 4.18 Å². The van der Waals surface area contributed by atoms with E-state index in [1.54, 1.807) is 24.3 Å². The van der Waals surface area contributed by atoms with Gasteiger partial charge in [0.05, 0.1) is 11.5 Å². The van der Waals surface area contributed by atoms with Gasteiger partial charge in [0.2, 0.25) is 0 Å². The van der Waals surface area contributed by atoms with Crippen LogP contribution in [0.15, 0.2) is 35.2 Å². The SMILES string of the molecule is CCCO[S@](=O)(=S)c1ccccc1. The average molecular weight is 216 g/mol. The van der Waals surface area contributed by atoms with Crippen LogP contribution in [0.5, 0.6) is 0 Å². The smallest absolute Gasteiger partial charge is 0.173 e. The van der Waals surface area contributed by atoms with Crippen molar-refractivity contribution in [1.82, 2.24) is 0 Å². The Balaban J connectivity index is 2.83. The molecule has 0 aliphatic heterocycles. The van der Waals surface area contributed by atoms with Crippen molar-refractivity contribution in [3.05, 3.63) is 30.3 Å². The van der Waals surface area contributed by atoms with Gasteiger partial charge in [-0.1, -0.05) is 25.1 Å². The summed E-state index contributed by atoms with van der Waals surface area (Å²) in [6.07, 6.45) is 0.820. The lowest BCUT2D eigenvalue weighted by Crippen LogP contribution is -2.05. The van der Waals surface area contributed by atoms with Crippen LogP contribution < -0.4 is 0 Å². The zero-order valence-electron chi connectivity index (χ0n) is 7.43. The van der Waals surface area contributed by atoms with E-state index in [9.17, 15) is 4.21 Å². The van der Waals surface area contributed by atoms with Crippen molar-refractivity contribution in [2.45, 2.75) is 18.2 Å². The number of hydrogen-bond donors (Lipinski definition) is 0. The molecule has 0 saturated carbocycles. The first-order valence-corrected chi connectivity index (χ1v) is 6.52. The Morgan fingerprint density at radius 1 is 1.38 bits per heavy atom. The molecule has 0 unspecified atom stereocenters. The molecule has 0 aliphatic rings. The van der Waals surface area contributed by atoms with Crippen molar-refractivity contribution in [2.24, 2.45) is 0 Å². The van der Waals surface area contributed by atoms with E-state index in [0.29, 0.717) is 11.5 Å².